The molecule has 8 heteroatoms. The highest BCUT2D eigenvalue weighted by atomic mass is 32.1. The zero-order chi connectivity index (χ0) is 25.3. The Labute approximate surface area is 217 Å². The van der Waals surface area contributed by atoms with Crippen LogP contribution in [0.3, 0.4) is 0 Å². The number of ether oxygens (including phenoxy) is 1. The number of nitrogens with zero attached hydrogens (tertiary/aromatic N) is 2. The first-order chi connectivity index (χ1) is 17.5. The van der Waals surface area contributed by atoms with E-state index in [0.717, 1.165) is 42.2 Å². The average molecular weight is 503 g/mol. The van der Waals surface area contributed by atoms with Gasteiger partial charge in [-0.2, -0.15) is 0 Å². The van der Waals surface area contributed by atoms with Crippen molar-refractivity contribution in [2.45, 2.75) is 13.3 Å². The van der Waals surface area contributed by atoms with Crippen molar-refractivity contribution in [3.63, 3.8) is 0 Å². The summed E-state index contributed by atoms with van der Waals surface area (Å²) in [7, 11) is 0. The third kappa shape index (κ3) is 6.60. The van der Waals surface area contributed by atoms with E-state index in [9.17, 15) is 9.59 Å². The van der Waals surface area contributed by atoms with Crippen molar-refractivity contribution >= 4 is 40.5 Å². The molecule has 0 atom stereocenters. The topological polar surface area (TPSA) is 73.9 Å². The van der Waals surface area contributed by atoms with E-state index in [1.807, 2.05) is 66.4 Å². The van der Waals surface area contributed by atoms with Gasteiger partial charge in [-0.3, -0.25) is 14.9 Å². The molecule has 3 aromatic carbocycles. The number of hydrogen-bond donors (Lipinski definition) is 2. The van der Waals surface area contributed by atoms with Crippen LogP contribution in [0, 0.1) is 0 Å². The van der Waals surface area contributed by atoms with Crippen LogP contribution in [-0.2, 0) is 0 Å². The molecular formula is C28H30N4O3S. The number of rotatable bonds is 7. The monoisotopic (exact) mass is 502 g/mol. The maximum absolute atomic E-state index is 12.7. The van der Waals surface area contributed by atoms with E-state index >= 15 is 0 Å². The van der Waals surface area contributed by atoms with Gasteiger partial charge in [-0.05, 0) is 79.3 Å². The number of nitrogens with one attached hydrogen (secondary N) is 2. The summed E-state index contributed by atoms with van der Waals surface area (Å²) in [4.78, 5) is 29.3. The second kappa shape index (κ2) is 12.2. The molecule has 0 aliphatic carbocycles. The average Bonchev–Trinajstić information content (AvgIpc) is 2.92. The predicted octanol–water partition coefficient (Wildman–Crippen LogP) is 4.56. The van der Waals surface area contributed by atoms with E-state index in [-0.39, 0.29) is 16.9 Å². The van der Waals surface area contributed by atoms with Crippen molar-refractivity contribution < 1.29 is 14.3 Å². The molecule has 4 rings (SSSR count). The highest BCUT2D eigenvalue weighted by molar-refractivity contribution is 7.80. The third-order valence-electron chi connectivity index (χ3n) is 5.89. The number of amides is 2. The molecule has 0 unspecified atom stereocenters. The summed E-state index contributed by atoms with van der Waals surface area (Å²) in [6.45, 7) is 5.57. The number of benzene rings is 3. The Morgan fingerprint density at radius 3 is 2.17 bits per heavy atom. The second-order valence-electron chi connectivity index (χ2n) is 8.47. The van der Waals surface area contributed by atoms with Crippen LogP contribution in [-0.4, -0.2) is 54.6 Å². The molecule has 0 saturated carbocycles. The Morgan fingerprint density at radius 2 is 1.53 bits per heavy atom. The summed E-state index contributed by atoms with van der Waals surface area (Å²) in [5.74, 6) is 0.526. The van der Waals surface area contributed by atoms with Gasteiger partial charge in [0, 0.05) is 48.7 Å². The van der Waals surface area contributed by atoms with Crippen LogP contribution < -0.4 is 20.3 Å². The number of anilines is 2. The van der Waals surface area contributed by atoms with E-state index in [1.54, 1.807) is 24.3 Å². The second-order valence-corrected chi connectivity index (χ2v) is 8.88. The van der Waals surface area contributed by atoms with Crippen molar-refractivity contribution in [2.75, 3.05) is 43.0 Å². The van der Waals surface area contributed by atoms with Crippen LogP contribution in [0.25, 0.3) is 0 Å². The molecule has 3 aromatic rings. The van der Waals surface area contributed by atoms with Crippen LogP contribution in [0.15, 0.2) is 78.9 Å². The van der Waals surface area contributed by atoms with Crippen LogP contribution in [0.1, 0.15) is 34.1 Å². The minimum atomic E-state index is -0.283. The first-order valence-electron chi connectivity index (χ1n) is 12.1. The molecule has 0 bridgehead atoms. The quantitative estimate of drug-likeness (QED) is 0.462. The molecule has 0 spiro atoms. The summed E-state index contributed by atoms with van der Waals surface area (Å²) in [6.07, 6.45) is 0.926. The maximum atomic E-state index is 12.7. The number of hydrogen-bond acceptors (Lipinski definition) is 5. The van der Waals surface area contributed by atoms with Crippen molar-refractivity contribution in [3.8, 4) is 5.75 Å². The van der Waals surface area contributed by atoms with Crippen LogP contribution in [0.4, 0.5) is 11.4 Å². The smallest absolute Gasteiger partial charge is 0.257 e. The molecule has 1 saturated heterocycles. The van der Waals surface area contributed by atoms with E-state index in [2.05, 4.69) is 15.5 Å². The van der Waals surface area contributed by atoms with E-state index in [0.29, 0.717) is 25.3 Å². The molecule has 1 aliphatic rings. The highest BCUT2D eigenvalue weighted by Gasteiger charge is 2.22. The summed E-state index contributed by atoms with van der Waals surface area (Å²) in [5, 5.41) is 5.99. The van der Waals surface area contributed by atoms with Crippen LogP contribution >= 0.6 is 12.2 Å². The van der Waals surface area contributed by atoms with E-state index in [4.69, 9.17) is 17.0 Å². The lowest BCUT2D eigenvalue weighted by Crippen LogP contribution is -2.48. The van der Waals surface area contributed by atoms with Crippen LogP contribution in [0.5, 0.6) is 5.75 Å². The number of carbonyl (C=O) groups is 2. The SMILES string of the molecule is CCCOc1ccc(C(=O)NC(=S)Nc2ccc(N3CCN(C(=O)c4ccccc4)CC3)cc2)cc1. The molecule has 0 radical (unpaired) electrons. The van der Waals surface area contributed by atoms with Gasteiger partial charge in [-0.15, -0.1) is 0 Å². The normalized spacial score (nSPS) is 13.1. The van der Waals surface area contributed by atoms with Crippen molar-refractivity contribution in [3.05, 3.63) is 90.0 Å². The van der Waals surface area contributed by atoms with Gasteiger partial charge >= 0.3 is 0 Å². The van der Waals surface area contributed by atoms with Crippen molar-refractivity contribution in [2.24, 2.45) is 0 Å². The Morgan fingerprint density at radius 1 is 0.861 bits per heavy atom. The number of thiocarbonyl (C=S) groups is 1. The highest BCUT2D eigenvalue weighted by Crippen LogP contribution is 2.20. The maximum Gasteiger partial charge on any atom is 0.257 e. The van der Waals surface area contributed by atoms with Gasteiger partial charge < -0.3 is 19.9 Å². The van der Waals surface area contributed by atoms with Crippen molar-refractivity contribution in [1.82, 2.24) is 10.2 Å². The largest absolute Gasteiger partial charge is 0.494 e. The number of carbonyl (C=O) groups excluding carboxylic acids is 2. The predicted molar refractivity (Wildman–Crippen MR) is 147 cm³/mol. The summed E-state index contributed by atoms with van der Waals surface area (Å²) in [6, 6.07) is 24.2. The first kappa shape index (κ1) is 25.2. The van der Waals surface area contributed by atoms with Gasteiger partial charge in [0.2, 0.25) is 0 Å². The van der Waals surface area contributed by atoms with Gasteiger partial charge in [0.1, 0.15) is 5.75 Å². The van der Waals surface area contributed by atoms with Gasteiger partial charge in [0.15, 0.2) is 5.11 Å². The minimum absolute atomic E-state index is 0.0751. The van der Waals surface area contributed by atoms with Gasteiger partial charge in [0.05, 0.1) is 6.61 Å². The third-order valence-corrected chi connectivity index (χ3v) is 6.10. The molecular weight excluding hydrogens is 472 g/mol. The zero-order valence-corrected chi connectivity index (χ0v) is 21.1. The molecule has 1 fully saturated rings. The summed E-state index contributed by atoms with van der Waals surface area (Å²) >= 11 is 5.32. The molecule has 1 heterocycles. The Balaban J connectivity index is 1.25. The molecule has 36 heavy (non-hydrogen) atoms. The number of piperazine rings is 1. The van der Waals surface area contributed by atoms with Gasteiger partial charge in [0.25, 0.3) is 11.8 Å². The molecule has 0 aromatic heterocycles. The lowest BCUT2D eigenvalue weighted by Gasteiger charge is -2.36. The fourth-order valence-electron chi connectivity index (χ4n) is 3.95. The molecule has 186 valence electrons. The van der Waals surface area contributed by atoms with Crippen LogP contribution in [0.2, 0.25) is 0 Å². The molecule has 2 N–H and O–H groups in total. The Bertz CT molecular complexity index is 1180. The fourth-order valence-corrected chi connectivity index (χ4v) is 4.16. The fraction of sp³-hybridized carbons (Fsp3) is 0.250. The van der Waals surface area contributed by atoms with Gasteiger partial charge in [-0.1, -0.05) is 25.1 Å². The van der Waals surface area contributed by atoms with Gasteiger partial charge in [-0.25, -0.2) is 0 Å². The Kier molecular flexibility index (Phi) is 8.52. The first-order valence-corrected chi connectivity index (χ1v) is 12.5. The Hall–Kier alpha value is -3.91. The summed E-state index contributed by atoms with van der Waals surface area (Å²) < 4.78 is 5.55. The summed E-state index contributed by atoms with van der Waals surface area (Å²) in [5.41, 5.74) is 3.09. The molecule has 7 nitrogen and oxygen atoms in total. The molecule has 2 amide bonds. The standard InChI is InChI=1S/C28H30N4O3S/c1-2-20-35-25-14-8-21(9-15-25)26(33)30-28(36)29-23-10-12-24(13-11-23)31-16-18-32(19-17-31)27(34)22-6-4-3-5-7-22/h3-15H,2,16-20H2,1H3,(H2,29,30,33,36). The minimum Gasteiger partial charge on any atom is -0.494 e. The zero-order valence-electron chi connectivity index (χ0n) is 20.3. The van der Waals surface area contributed by atoms with E-state index < -0.39 is 0 Å². The lowest BCUT2D eigenvalue weighted by atomic mass is 10.1. The van der Waals surface area contributed by atoms with Crippen molar-refractivity contribution in [1.29, 1.82) is 0 Å². The molecule has 1 aliphatic heterocycles. The lowest BCUT2D eigenvalue weighted by molar-refractivity contribution is 0.0746. The van der Waals surface area contributed by atoms with E-state index in [1.165, 1.54) is 0 Å².